The Morgan fingerprint density at radius 1 is 0.521 bits per heavy atom. The molecular formula is C39H41NO8. The zero-order valence-electron chi connectivity index (χ0n) is 27.2. The summed E-state index contributed by atoms with van der Waals surface area (Å²) in [5, 5.41) is 0. The number of anilines is 3. The van der Waals surface area contributed by atoms with Gasteiger partial charge in [-0.15, -0.1) is 0 Å². The Hall–Kier alpha value is -5.70. The number of rotatable bonds is 19. The van der Waals surface area contributed by atoms with Crippen molar-refractivity contribution >= 4 is 40.9 Å². The number of nitrogens with zero attached hydrogens (tertiary/aromatic N) is 1. The number of esters is 4. The third-order valence-electron chi connectivity index (χ3n) is 7.24. The van der Waals surface area contributed by atoms with Gasteiger partial charge in [0.2, 0.25) is 0 Å². The molecule has 48 heavy (non-hydrogen) atoms. The van der Waals surface area contributed by atoms with E-state index in [4.69, 9.17) is 18.9 Å². The molecule has 9 heteroatoms. The molecule has 0 heterocycles. The Kier molecular flexibility index (Phi) is 14.6. The molecule has 0 radical (unpaired) electrons. The molecule has 0 N–H and O–H groups in total. The molecule has 250 valence electrons. The number of hydrogen-bond acceptors (Lipinski definition) is 9. The summed E-state index contributed by atoms with van der Waals surface area (Å²) in [6, 6.07) is 24.2. The first-order chi connectivity index (χ1) is 23.1. The van der Waals surface area contributed by atoms with Gasteiger partial charge in [0.05, 0.1) is 26.4 Å². The number of carbonyl (C=O) groups is 4. The summed E-state index contributed by atoms with van der Waals surface area (Å²) in [7, 11) is 0. The quantitative estimate of drug-likeness (QED) is 0.0795. The topological polar surface area (TPSA) is 108 Å². The van der Waals surface area contributed by atoms with Crippen LogP contribution in [0.25, 0.3) is 0 Å². The van der Waals surface area contributed by atoms with Crippen LogP contribution < -0.4 is 4.90 Å². The number of ether oxygens (including phenoxy) is 4. The minimum Gasteiger partial charge on any atom is -0.462 e. The Morgan fingerprint density at radius 3 is 1.06 bits per heavy atom. The molecule has 0 aliphatic carbocycles. The third kappa shape index (κ3) is 11.9. The van der Waals surface area contributed by atoms with Crippen molar-refractivity contribution < 1.29 is 38.1 Å². The lowest BCUT2D eigenvalue weighted by molar-refractivity contribution is -0.144. The van der Waals surface area contributed by atoms with E-state index >= 15 is 0 Å². The van der Waals surface area contributed by atoms with Crippen molar-refractivity contribution in [2.45, 2.75) is 19.8 Å². The van der Waals surface area contributed by atoms with Gasteiger partial charge in [0.15, 0.2) is 0 Å². The smallest absolute Gasteiger partial charge is 0.330 e. The van der Waals surface area contributed by atoms with Crippen molar-refractivity contribution in [3.05, 3.63) is 140 Å². The molecule has 0 aliphatic rings. The molecule has 0 saturated heterocycles. The lowest BCUT2D eigenvalue weighted by Crippen LogP contribution is -2.22. The molecule has 0 saturated carbocycles. The summed E-state index contributed by atoms with van der Waals surface area (Å²) in [5.41, 5.74) is 5.84. The first-order valence-corrected chi connectivity index (χ1v) is 15.4. The third-order valence-corrected chi connectivity index (χ3v) is 7.24. The Morgan fingerprint density at radius 2 is 0.792 bits per heavy atom. The minimum absolute atomic E-state index is 0.0626. The first kappa shape index (κ1) is 36.8. The number of benzene rings is 3. The standard InChI is InChI=1S/C39H41NO8/c1-6-36(41)45-24-31(25-46-37(42)7-2)22-29-12-18-34(19-13-29)40(33-16-10-28(5)11-17-33)35-20-14-30(15-21-35)23-32(26-47-38(43)8-3)27-48-39(44)9-4/h6-21,31-32H,1-4,22-27H2,5H3. The lowest BCUT2D eigenvalue weighted by atomic mass is 9.99. The fourth-order valence-corrected chi connectivity index (χ4v) is 4.74. The fourth-order valence-electron chi connectivity index (χ4n) is 4.74. The molecule has 3 aromatic carbocycles. The van der Waals surface area contributed by atoms with Crippen molar-refractivity contribution in [1.29, 1.82) is 0 Å². The second-order valence-electron chi connectivity index (χ2n) is 11.0. The van der Waals surface area contributed by atoms with Crippen molar-refractivity contribution in [1.82, 2.24) is 0 Å². The van der Waals surface area contributed by atoms with Gasteiger partial charge in [-0.05, 0) is 67.3 Å². The molecule has 0 atom stereocenters. The summed E-state index contributed by atoms with van der Waals surface area (Å²) in [4.78, 5) is 48.8. The molecule has 3 rings (SSSR count). The largest absolute Gasteiger partial charge is 0.462 e. The van der Waals surface area contributed by atoms with E-state index in [1.54, 1.807) is 0 Å². The maximum Gasteiger partial charge on any atom is 0.330 e. The van der Waals surface area contributed by atoms with Gasteiger partial charge in [-0.1, -0.05) is 68.3 Å². The Labute approximate surface area is 281 Å². The zero-order valence-corrected chi connectivity index (χ0v) is 27.2. The summed E-state index contributed by atoms with van der Waals surface area (Å²) in [6.07, 6.45) is 5.36. The van der Waals surface area contributed by atoms with E-state index in [0.29, 0.717) is 12.8 Å². The summed E-state index contributed by atoms with van der Waals surface area (Å²) >= 11 is 0. The predicted octanol–water partition coefficient (Wildman–Crippen LogP) is 6.70. The minimum atomic E-state index is -0.548. The molecule has 0 unspecified atom stereocenters. The van der Waals surface area contributed by atoms with Crippen LogP contribution in [0.15, 0.2) is 123 Å². The summed E-state index contributed by atoms with van der Waals surface area (Å²) in [6.45, 7) is 16.0. The van der Waals surface area contributed by atoms with Crippen molar-refractivity contribution in [2.75, 3.05) is 31.3 Å². The van der Waals surface area contributed by atoms with E-state index in [1.165, 1.54) is 0 Å². The lowest BCUT2D eigenvalue weighted by Gasteiger charge is -2.26. The summed E-state index contributed by atoms with van der Waals surface area (Å²) < 4.78 is 20.9. The molecule has 3 aromatic rings. The van der Waals surface area contributed by atoms with Gasteiger partial charge in [-0.2, -0.15) is 0 Å². The molecule has 0 aromatic heterocycles. The number of hydrogen-bond donors (Lipinski definition) is 0. The first-order valence-electron chi connectivity index (χ1n) is 15.4. The van der Waals surface area contributed by atoms with Crippen molar-refractivity contribution in [3.63, 3.8) is 0 Å². The predicted molar refractivity (Wildman–Crippen MR) is 185 cm³/mol. The maximum absolute atomic E-state index is 11.7. The van der Waals surface area contributed by atoms with Crippen LogP contribution in [0.5, 0.6) is 0 Å². The summed E-state index contributed by atoms with van der Waals surface area (Å²) in [5.74, 6) is -2.73. The van der Waals surface area contributed by atoms with E-state index in [1.807, 2.05) is 79.7 Å². The van der Waals surface area contributed by atoms with Gasteiger partial charge in [-0.3, -0.25) is 0 Å². The average Bonchev–Trinajstić information content (AvgIpc) is 3.11. The Bertz CT molecular complexity index is 1430. The molecule has 0 spiro atoms. The van der Waals surface area contributed by atoms with E-state index in [9.17, 15) is 19.2 Å². The molecule has 0 aliphatic heterocycles. The average molecular weight is 652 g/mol. The van der Waals surface area contributed by atoms with Crippen molar-refractivity contribution in [3.8, 4) is 0 Å². The highest BCUT2D eigenvalue weighted by molar-refractivity contribution is 5.82. The highest BCUT2D eigenvalue weighted by Gasteiger charge is 2.18. The van der Waals surface area contributed by atoms with E-state index in [2.05, 4.69) is 31.2 Å². The van der Waals surface area contributed by atoms with Crippen molar-refractivity contribution in [2.24, 2.45) is 11.8 Å². The van der Waals surface area contributed by atoms with Gasteiger partial charge < -0.3 is 23.8 Å². The van der Waals surface area contributed by atoms with E-state index in [0.717, 1.165) is 58.1 Å². The highest BCUT2D eigenvalue weighted by Crippen LogP contribution is 2.35. The Balaban J connectivity index is 1.84. The second-order valence-corrected chi connectivity index (χ2v) is 11.0. The van der Waals surface area contributed by atoms with Crippen LogP contribution in [-0.2, 0) is 51.0 Å². The van der Waals surface area contributed by atoms with Gasteiger partial charge in [0.25, 0.3) is 0 Å². The zero-order chi connectivity index (χ0) is 34.9. The second kappa shape index (κ2) is 19.1. The molecule has 0 fully saturated rings. The van der Waals surface area contributed by atoms with Crippen LogP contribution in [0.2, 0.25) is 0 Å². The SMILES string of the molecule is C=CC(=O)OCC(COC(=O)C=C)Cc1ccc(N(c2ccc(C)cc2)c2ccc(CC(COC(=O)C=C)COC(=O)C=C)cc2)cc1. The number of aryl methyl sites for hydroxylation is 1. The van der Waals surface area contributed by atoms with Gasteiger partial charge in [0, 0.05) is 53.2 Å². The van der Waals surface area contributed by atoms with Crippen LogP contribution in [-0.4, -0.2) is 50.3 Å². The van der Waals surface area contributed by atoms with Crippen LogP contribution in [0, 0.1) is 18.8 Å². The van der Waals surface area contributed by atoms with Gasteiger partial charge >= 0.3 is 23.9 Å². The van der Waals surface area contributed by atoms with Crippen LogP contribution in [0.1, 0.15) is 16.7 Å². The van der Waals surface area contributed by atoms with Crippen LogP contribution in [0.4, 0.5) is 17.1 Å². The molecule has 0 bridgehead atoms. The molecular weight excluding hydrogens is 610 g/mol. The molecule has 0 amide bonds. The van der Waals surface area contributed by atoms with Crippen LogP contribution >= 0.6 is 0 Å². The van der Waals surface area contributed by atoms with E-state index in [-0.39, 0.29) is 38.3 Å². The number of carbonyl (C=O) groups excluding carboxylic acids is 4. The van der Waals surface area contributed by atoms with Gasteiger partial charge in [0.1, 0.15) is 0 Å². The monoisotopic (exact) mass is 651 g/mol. The molecule has 9 nitrogen and oxygen atoms in total. The van der Waals surface area contributed by atoms with Crippen LogP contribution in [0.3, 0.4) is 0 Å². The normalized spacial score (nSPS) is 10.5. The van der Waals surface area contributed by atoms with Gasteiger partial charge in [-0.25, -0.2) is 19.2 Å². The highest BCUT2D eigenvalue weighted by atomic mass is 16.6. The fraction of sp³-hybridized carbons (Fsp3) is 0.231. The van der Waals surface area contributed by atoms with E-state index < -0.39 is 23.9 Å². The maximum atomic E-state index is 11.7.